The zero-order valence-electron chi connectivity index (χ0n) is 10.8. The second-order valence-corrected chi connectivity index (χ2v) is 6.10. The lowest BCUT2D eigenvalue weighted by Crippen LogP contribution is -2.11. The molecule has 4 heteroatoms. The number of rotatable bonds is 3. The minimum Gasteiger partial charge on any atom is -0.508 e. The van der Waals surface area contributed by atoms with Crippen molar-refractivity contribution in [3.05, 3.63) is 40.3 Å². The minimum atomic E-state index is 0.0767. The molecule has 96 valence electrons. The van der Waals surface area contributed by atoms with Crippen molar-refractivity contribution < 1.29 is 9.84 Å². The van der Waals surface area contributed by atoms with Gasteiger partial charge in [0, 0.05) is 10.8 Å². The van der Waals surface area contributed by atoms with Crippen molar-refractivity contribution in [3.63, 3.8) is 0 Å². The molecule has 0 saturated heterocycles. The summed E-state index contributed by atoms with van der Waals surface area (Å²) < 4.78 is 5.61. The van der Waals surface area contributed by atoms with Crippen LogP contribution in [-0.4, -0.2) is 10.1 Å². The molecule has 0 aliphatic carbocycles. The molecule has 1 heterocycles. The first-order chi connectivity index (χ1) is 8.45. The fourth-order valence-electron chi connectivity index (χ4n) is 1.41. The number of benzene rings is 1. The van der Waals surface area contributed by atoms with Gasteiger partial charge in [-0.1, -0.05) is 20.8 Å². The second-order valence-electron chi connectivity index (χ2n) is 5.16. The van der Waals surface area contributed by atoms with E-state index in [1.165, 1.54) is 0 Å². The normalized spacial score (nSPS) is 11.5. The molecular weight excluding hydrogens is 246 g/mol. The van der Waals surface area contributed by atoms with E-state index in [-0.39, 0.29) is 11.2 Å². The van der Waals surface area contributed by atoms with E-state index in [9.17, 15) is 0 Å². The Labute approximate surface area is 111 Å². The van der Waals surface area contributed by atoms with Crippen molar-refractivity contribution in [2.45, 2.75) is 32.8 Å². The highest BCUT2D eigenvalue weighted by Crippen LogP contribution is 2.25. The van der Waals surface area contributed by atoms with Crippen LogP contribution in [0.15, 0.2) is 29.6 Å². The number of hydrogen-bond donors (Lipinski definition) is 1. The molecule has 0 amide bonds. The van der Waals surface area contributed by atoms with E-state index in [1.54, 1.807) is 35.6 Å². The number of thiazole rings is 1. The zero-order valence-corrected chi connectivity index (χ0v) is 11.6. The molecule has 2 aromatic rings. The lowest BCUT2D eigenvalue weighted by atomic mass is 9.93. The largest absolute Gasteiger partial charge is 0.508 e. The van der Waals surface area contributed by atoms with Crippen LogP contribution in [0.2, 0.25) is 0 Å². The van der Waals surface area contributed by atoms with Crippen molar-refractivity contribution in [1.82, 2.24) is 4.98 Å². The van der Waals surface area contributed by atoms with Crippen molar-refractivity contribution in [1.29, 1.82) is 0 Å². The highest BCUT2D eigenvalue weighted by molar-refractivity contribution is 7.09. The maximum atomic E-state index is 9.17. The third-order valence-corrected chi connectivity index (χ3v) is 3.34. The third kappa shape index (κ3) is 3.23. The van der Waals surface area contributed by atoms with E-state index in [1.807, 2.05) is 0 Å². The van der Waals surface area contributed by atoms with Gasteiger partial charge >= 0.3 is 0 Å². The molecule has 1 aromatic heterocycles. The Balaban J connectivity index is 1.98. The summed E-state index contributed by atoms with van der Waals surface area (Å²) in [5, 5.41) is 12.2. The summed E-state index contributed by atoms with van der Waals surface area (Å²) in [5.74, 6) is 0.979. The van der Waals surface area contributed by atoms with E-state index in [0.717, 1.165) is 16.5 Å². The lowest BCUT2D eigenvalue weighted by molar-refractivity contribution is 0.304. The number of aromatic hydroxyl groups is 1. The molecule has 2 rings (SSSR count). The molecule has 0 aliphatic rings. The summed E-state index contributed by atoms with van der Waals surface area (Å²) in [6, 6.07) is 6.71. The van der Waals surface area contributed by atoms with Gasteiger partial charge in [-0.15, -0.1) is 11.3 Å². The van der Waals surface area contributed by atoms with Crippen LogP contribution >= 0.6 is 11.3 Å². The Hall–Kier alpha value is -1.55. The molecule has 0 unspecified atom stereocenters. The van der Waals surface area contributed by atoms with Crippen LogP contribution in [0, 0.1) is 0 Å². The van der Waals surface area contributed by atoms with E-state index < -0.39 is 0 Å². The van der Waals surface area contributed by atoms with E-state index >= 15 is 0 Å². The smallest absolute Gasteiger partial charge is 0.140 e. The number of aromatic nitrogens is 1. The van der Waals surface area contributed by atoms with Crippen LogP contribution < -0.4 is 4.74 Å². The Bertz CT molecular complexity index is 511. The van der Waals surface area contributed by atoms with Gasteiger partial charge in [-0.25, -0.2) is 4.98 Å². The molecule has 0 radical (unpaired) electrons. The standard InChI is InChI=1S/C14H17NO2S/c1-14(2,3)12-9-18-13(15-12)8-17-11-6-4-10(16)5-7-11/h4-7,9,16H,8H2,1-3H3. The summed E-state index contributed by atoms with van der Waals surface area (Å²) in [7, 11) is 0. The average Bonchev–Trinajstić information content (AvgIpc) is 2.77. The Morgan fingerprint density at radius 1 is 1.22 bits per heavy atom. The van der Waals surface area contributed by atoms with Gasteiger partial charge in [-0.2, -0.15) is 0 Å². The maximum Gasteiger partial charge on any atom is 0.140 e. The SMILES string of the molecule is CC(C)(C)c1csc(COc2ccc(O)cc2)n1. The summed E-state index contributed by atoms with van der Waals surface area (Å²) in [4.78, 5) is 4.56. The van der Waals surface area contributed by atoms with Gasteiger partial charge in [0.2, 0.25) is 0 Å². The monoisotopic (exact) mass is 263 g/mol. The molecule has 1 N–H and O–H groups in total. The molecule has 0 saturated carbocycles. The average molecular weight is 263 g/mol. The molecule has 0 aliphatic heterocycles. The fraction of sp³-hybridized carbons (Fsp3) is 0.357. The first kappa shape index (κ1) is 12.9. The molecule has 0 spiro atoms. The molecule has 0 fully saturated rings. The Kier molecular flexibility index (Phi) is 3.57. The quantitative estimate of drug-likeness (QED) is 0.917. The number of phenolic OH excluding ortho intramolecular Hbond substituents is 1. The summed E-state index contributed by atoms with van der Waals surface area (Å²) in [6.07, 6.45) is 0. The molecule has 0 atom stereocenters. The highest BCUT2D eigenvalue weighted by Gasteiger charge is 2.17. The molecule has 1 aromatic carbocycles. The predicted octanol–water partition coefficient (Wildman–Crippen LogP) is 3.73. The number of ether oxygens (including phenoxy) is 1. The van der Waals surface area contributed by atoms with Gasteiger partial charge in [0.05, 0.1) is 5.69 Å². The van der Waals surface area contributed by atoms with Gasteiger partial charge in [0.25, 0.3) is 0 Å². The minimum absolute atomic E-state index is 0.0767. The first-order valence-corrected chi connectivity index (χ1v) is 6.70. The van der Waals surface area contributed by atoms with Crippen LogP contribution in [0.25, 0.3) is 0 Å². The van der Waals surface area contributed by atoms with Crippen molar-refractivity contribution in [2.75, 3.05) is 0 Å². The zero-order chi connectivity index (χ0) is 13.2. The number of nitrogens with zero attached hydrogens (tertiary/aromatic N) is 1. The highest BCUT2D eigenvalue weighted by atomic mass is 32.1. The lowest BCUT2D eigenvalue weighted by Gasteiger charge is -2.14. The van der Waals surface area contributed by atoms with Gasteiger partial charge in [-0.05, 0) is 24.3 Å². The maximum absolute atomic E-state index is 9.17. The summed E-state index contributed by atoms with van der Waals surface area (Å²) in [5.41, 5.74) is 1.17. The van der Waals surface area contributed by atoms with Crippen LogP contribution in [0.5, 0.6) is 11.5 Å². The van der Waals surface area contributed by atoms with Gasteiger partial charge in [0.1, 0.15) is 23.1 Å². The van der Waals surface area contributed by atoms with Crippen molar-refractivity contribution >= 4 is 11.3 Å². The number of phenols is 1. The summed E-state index contributed by atoms with van der Waals surface area (Å²) in [6.45, 7) is 6.90. The Morgan fingerprint density at radius 2 is 1.89 bits per heavy atom. The van der Waals surface area contributed by atoms with Gasteiger partial charge in [0.15, 0.2) is 0 Å². The Morgan fingerprint density at radius 3 is 2.44 bits per heavy atom. The van der Waals surface area contributed by atoms with E-state index in [2.05, 4.69) is 31.1 Å². The molecule has 0 bridgehead atoms. The van der Waals surface area contributed by atoms with Crippen LogP contribution in [0.3, 0.4) is 0 Å². The third-order valence-electron chi connectivity index (χ3n) is 2.52. The predicted molar refractivity (Wildman–Crippen MR) is 73.3 cm³/mol. The van der Waals surface area contributed by atoms with Crippen LogP contribution in [0.4, 0.5) is 0 Å². The molecule has 3 nitrogen and oxygen atoms in total. The van der Waals surface area contributed by atoms with E-state index in [0.29, 0.717) is 6.61 Å². The second kappa shape index (κ2) is 4.98. The van der Waals surface area contributed by atoms with Gasteiger partial charge in [-0.3, -0.25) is 0 Å². The van der Waals surface area contributed by atoms with E-state index in [4.69, 9.17) is 9.84 Å². The summed E-state index contributed by atoms with van der Waals surface area (Å²) >= 11 is 1.61. The molecular formula is C14H17NO2S. The topological polar surface area (TPSA) is 42.4 Å². The fourth-order valence-corrected chi connectivity index (χ4v) is 2.34. The number of hydrogen-bond acceptors (Lipinski definition) is 4. The van der Waals surface area contributed by atoms with Crippen molar-refractivity contribution in [3.8, 4) is 11.5 Å². The van der Waals surface area contributed by atoms with Crippen LogP contribution in [0.1, 0.15) is 31.5 Å². The van der Waals surface area contributed by atoms with Crippen LogP contribution in [-0.2, 0) is 12.0 Å². The molecule has 18 heavy (non-hydrogen) atoms. The van der Waals surface area contributed by atoms with Gasteiger partial charge < -0.3 is 9.84 Å². The first-order valence-electron chi connectivity index (χ1n) is 5.82. The van der Waals surface area contributed by atoms with Crippen molar-refractivity contribution in [2.24, 2.45) is 0 Å².